The summed E-state index contributed by atoms with van der Waals surface area (Å²) in [6, 6.07) is 8.72. The Labute approximate surface area is 112 Å². The monoisotopic (exact) mass is 259 g/mol. The summed E-state index contributed by atoms with van der Waals surface area (Å²) in [5.41, 5.74) is 8.80. The van der Waals surface area contributed by atoms with Crippen molar-refractivity contribution in [3.63, 3.8) is 0 Å². The topological polar surface area (TPSA) is 42.2 Å². The Kier molecular flexibility index (Phi) is 4.60. The quantitative estimate of drug-likeness (QED) is 0.896. The molecule has 0 spiro atoms. The van der Waals surface area contributed by atoms with E-state index in [-0.39, 0.29) is 5.82 Å². The van der Waals surface area contributed by atoms with Gasteiger partial charge in [-0.25, -0.2) is 4.39 Å². The number of rotatable bonds is 5. The van der Waals surface area contributed by atoms with Crippen LogP contribution in [0.2, 0.25) is 0 Å². The highest BCUT2D eigenvalue weighted by molar-refractivity contribution is 5.27. The van der Waals surface area contributed by atoms with Crippen LogP contribution in [0, 0.1) is 5.82 Å². The predicted molar refractivity (Wildman–Crippen MR) is 73.7 cm³/mol. The van der Waals surface area contributed by atoms with Crippen molar-refractivity contribution in [2.75, 3.05) is 7.05 Å². The zero-order chi connectivity index (χ0) is 13.7. The molecule has 1 heterocycles. The molecule has 2 N–H and O–H groups in total. The Balaban J connectivity index is 2.06. The number of aromatic nitrogens is 1. The van der Waals surface area contributed by atoms with E-state index in [4.69, 9.17) is 5.73 Å². The molecule has 2 aromatic rings. The molecular formula is C15H18FN3. The van der Waals surface area contributed by atoms with Gasteiger partial charge in [-0.2, -0.15) is 0 Å². The lowest BCUT2D eigenvalue weighted by atomic mass is 10.1. The maximum Gasteiger partial charge on any atom is 0.123 e. The minimum atomic E-state index is -0.218. The summed E-state index contributed by atoms with van der Waals surface area (Å²) in [5, 5.41) is 0. The predicted octanol–water partition coefficient (Wildman–Crippen LogP) is 2.31. The van der Waals surface area contributed by atoms with Crippen LogP contribution in [0.1, 0.15) is 16.7 Å². The minimum absolute atomic E-state index is 0.218. The van der Waals surface area contributed by atoms with E-state index in [1.807, 2.05) is 19.2 Å². The van der Waals surface area contributed by atoms with E-state index < -0.39 is 0 Å². The van der Waals surface area contributed by atoms with Crippen molar-refractivity contribution in [3.05, 3.63) is 65.2 Å². The zero-order valence-electron chi connectivity index (χ0n) is 11.0. The molecule has 0 unspecified atom stereocenters. The van der Waals surface area contributed by atoms with Gasteiger partial charge >= 0.3 is 0 Å². The number of hydrogen-bond donors (Lipinski definition) is 1. The highest BCUT2D eigenvalue weighted by Gasteiger charge is 2.07. The summed E-state index contributed by atoms with van der Waals surface area (Å²) in [7, 11) is 2.01. The van der Waals surface area contributed by atoms with Crippen molar-refractivity contribution >= 4 is 0 Å². The van der Waals surface area contributed by atoms with E-state index in [0.29, 0.717) is 13.1 Å². The fourth-order valence-electron chi connectivity index (χ4n) is 2.09. The Morgan fingerprint density at radius 3 is 2.53 bits per heavy atom. The molecule has 0 bridgehead atoms. The SMILES string of the molecule is CN(Cc1ccncc1)Cc1cc(F)ccc1CN. The van der Waals surface area contributed by atoms with Crippen molar-refractivity contribution in [2.45, 2.75) is 19.6 Å². The second kappa shape index (κ2) is 6.41. The van der Waals surface area contributed by atoms with Crippen molar-refractivity contribution in [3.8, 4) is 0 Å². The summed E-state index contributed by atoms with van der Waals surface area (Å²) in [6.45, 7) is 1.90. The molecule has 4 heteroatoms. The Bertz CT molecular complexity index is 528. The van der Waals surface area contributed by atoms with E-state index in [1.165, 1.54) is 11.6 Å². The van der Waals surface area contributed by atoms with E-state index in [1.54, 1.807) is 24.5 Å². The molecule has 1 aromatic heterocycles. The third-order valence-electron chi connectivity index (χ3n) is 3.03. The van der Waals surface area contributed by atoms with Gasteiger partial charge in [0.15, 0.2) is 0 Å². The first-order chi connectivity index (χ1) is 9.19. The maximum absolute atomic E-state index is 13.3. The number of nitrogens with zero attached hydrogens (tertiary/aromatic N) is 2. The first-order valence-corrected chi connectivity index (χ1v) is 6.24. The fourth-order valence-corrected chi connectivity index (χ4v) is 2.09. The van der Waals surface area contributed by atoms with Gasteiger partial charge in [-0.1, -0.05) is 6.07 Å². The molecule has 0 fully saturated rings. The average molecular weight is 259 g/mol. The van der Waals surface area contributed by atoms with Crippen molar-refractivity contribution < 1.29 is 4.39 Å². The van der Waals surface area contributed by atoms with E-state index in [0.717, 1.165) is 17.7 Å². The molecule has 100 valence electrons. The molecule has 1 aromatic carbocycles. The lowest BCUT2D eigenvalue weighted by molar-refractivity contribution is 0.317. The highest BCUT2D eigenvalue weighted by Crippen LogP contribution is 2.14. The molecule has 19 heavy (non-hydrogen) atoms. The number of benzene rings is 1. The second-order valence-electron chi connectivity index (χ2n) is 4.64. The van der Waals surface area contributed by atoms with Crippen LogP contribution in [-0.2, 0) is 19.6 Å². The average Bonchev–Trinajstić information content (AvgIpc) is 2.40. The first-order valence-electron chi connectivity index (χ1n) is 6.24. The standard InChI is InChI=1S/C15H18FN3/c1-19(10-12-4-6-18-7-5-12)11-14-8-15(16)3-2-13(14)9-17/h2-8H,9-11,17H2,1H3. The first kappa shape index (κ1) is 13.6. The molecule has 0 aliphatic rings. The van der Waals surface area contributed by atoms with E-state index >= 15 is 0 Å². The summed E-state index contributed by atoms with van der Waals surface area (Å²) in [5.74, 6) is -0.218. The normalized spacial score (nSPS) is 10.9. The van der Waals surface area contributed by atoms with Gasteiger partial charge in [0, 0.05) is 32.0 Å². The van der Waals surface area contributed by atoms with Gasteiger partial charge in [0.05, 0.1) is 0 Å². The maximum atomic E-state index is 13.3. The number of pyridine rings is 1. The van der Waals surface area contributed by atoms with Crippen LogP contribution in [0.3, 0.4) is 0 Å². The van der Waals surface area contributed by atoms with Crippen molar-refractivity contribution in [1.29, 1.82) is 0 Å². The molecule has 2 rings (SSSR count). The Hall–Kier alpha value is -1.78. The number of halogens is 1. The molecule has 0 amide bonds. The van der Waals surface area contributed by atoms with Crippen LogP contribution in [-0.4, -0.2) is 16.9 Å². The summed E-state index contributed by atoms with van der Waals surface area (Å²) < 4.78 is 13.3. The summed E-state index contributed by atoms with van der Waals surface area (Å²) in [4.78, 5) is 6.12. The van der Waals surface area contributed by atoms with Crippen LogP contribution in [0.25, 0.3) is 0 Å². The molecule has 0 saturated carbocycles. The van der Waals surface area contributed by atoms with Crippen LogP contribution in [0.15, 0.2) is 42.7 Å². The van der Waals surface area contributed by atoms with E-state index in [9.17, 15) is 4.39 Å². The molecule has 0 aliphatic carbocycles. The summed E-state index contributed by atoms with van der Waals surface area (Å²) >= 11 is 0. The molecule has 0 atom stereocenters. The Morgan fingerprint density at radius 1 is 1.11 bits per heavy atom. The number of nitrogens with two attached hydrogens (primary N) is 1. The van der Waals surface area contributed by atoms with Gasteiger partial charge in [0.2, 0.25) is 0 Å². The van der Waals surface area contributed by atoms with Gasteiger partial charge in [-0.05, 0) is 48.0 Å². The van der Waals surface area contributed by atoms with Crippen LogP contribution < -0.4 is 5.73 Å². The highest BCUT2D eigenvalue weighted by atomic mass is 19.1. The van der Waals surface area contributed by atoms with Gasteiger partial charge in [-0.15, -0.1) is 0 Å². The van der Waals surface area contributed by atoms with Gasteiger partial charge in [0.25, 0.3) is 0 Å². The molecule has 0 saturated heterocycles. The number of hydrogen-bond acceptors (Lipinski definition) is 3. The minimum Gasteiger partial charge on any atom is -0.326 e. The molecule has 3 nitrogen and oxygen atoms in total. The van der Waals surface area contributed by atoms with Crippen LogP contribution in [0.5, 0.6) is 0 Å². The van der Waals surface area contributed by atoms with Gasteiger partial charge in [0.1, 0.15) is 5.82 Å². The third kappa shape index (κ3) is 3.84. The third-order valence-corrected chi connectivity index (χ3v) is 3.03. The van der Waals surface area contributed by atoms with Gasteiger partial charge in [-0.3, -0.25) is 9.88 Å². The molecule has 0 radical (unpaired) electrons. The largest absolute Gasteiger partial charge is 0.326 e. The zero-order valence-corrected chi connectivity index (χ0v) is 11.0. The van der Waals surface area contributed by atoms with Crippen LogP contribution >= 0.6 is 0 Å². The second-order valence-corrected chi connectivity index (χ2v) is 4.64. The smallest absolute Gasteiger partial charge is 0.123 e. The molecule has 0 aliphatic heterocycles. The Morgan fingerprint density at radius 2 is 1.84 bits per heavy atom. The lowest BCUT2D eigenvalue weighted by Gasteiger charge is -2.18. The van der Waals surface area contributed by atoms with E-state index in [2.05, 4.69) is 9.88 Å². The van der Waals surface area contributed by atoms with Crippen LogP contribution in [0.4, 0.5) is 4.39 Å². The van der Waals surface area contributed by atoms with Gasteiger partial charge < -0.3 is 5.73 Å². The summed E-state index contributed by atoms with van der Waals surface area (Å²) in [6.07, 6.45) is 3.55. The molecular weight excluding hydrogens is 241 g/mol. The van der Waals surface area contributed by atoms with Crippen molar-refractivity contribution in [1.82, 2.24) is 9.88 Å². The lowest BCUT2D eigenvalue weighted by Crippen LogP contribution is -2.19. The van der Waals surface area contributed by atoms with Crippen molar-refractivity contribution in [2.24, 2.45) is 5.73 Å². The fraction of sp³-hybridized carbons (Fsp3) is 0.267.